The van der Waals surface area contributed by atoms with E-state index >= 15 is 0 Å². The molecule has 0 amide bonds. The van der Waals surface area contributed by atoms with Gasteiger partial charge in [-0.25, -0.2) is 4.98 Å². The third-order valence-corrected chi connectivity index (χ3v) is 3.94. The summed E-state index contributed by atoms with van der Waals surface area (Å²) in [6, 6.07) is 11.8. The van der Waals surface area contributed by atoms with Crippen molar-refractivity contribution in [3.8, 4) is 5.75 Å². The number of benzene rings is 2. The Morgan fingerprint density at radius 2 is 2.05 bits per heavy atom. The van der Waals surface area contributed by atoms with Crippen LogP contribution in [-0.4, -0.2) is 17.2 Å². The molecule has 1 aromatic heterocycles. The Bertz CT molecular complexity index is 694. The Morgan fingerprint density at radius 3 is 2.79 bits per heavy atom. The number of ether oxygens (including phenoxy) is 1. The van der Waals surface area contributed by atoms with Gasteiger partial charge in [0.15, 0.2) is 0 Å². The smallest absolute Gasteiger partial charge is 0.135 e. The topological polar surface area (TPSA) is 42.4 Å². The zero-order valence-electron chi connectivity index (χ0n) is 10.4. The maximum Gasteiger partial charge on any atom is 0.135 e. The monoisotopic (exact) mass is 271 g/mol. The van der Waals surface area contributed by atoms with Crippen LogP contribution >= 0.6 is 11.3 Å². The van der Waals surface area contributed by atoms with E-state index in [0.29, 0.717) is 10.8 Å². The lowest BCUT2D eigenvalue weighted by Crippen LogP contribution is -2.03. The molecule has 19 heavy (non-hydrogen) atoms. The minimum atomic E-state index is -0.763. The first-order chi connectivity index (χ1) is 9.31. The van der Waals surface area contributed by atoms with Gasteiger partial charge in [-0.05, 0) is 16.8 Å². The van der Waals surface area contributed by atoms with Crippen LogP contribution in [0.3, 0.4) is 0 Å². The summed E-state index contributed by atoms with van der Waals surface area (Å²) in [5, 5.41) is 15.2. The minimum Gasteiger partial charge on any atom is -0.496 e. The molecule has 0 spiro atoms. The number of thiazole rings is 1. The normalized spacial score (nSPS) is 12.5. The summed E-state index contributed by atoms with van der Waals surface area (Å²) in [7, 11) is 1.61. The molecule has 0 fully saturated rings. The Hall–Kier alpha value is -1.91. The average molecular weight is 271 g/mol. The second kappa shape index (κ2) is 4.99. The largest absolute Gasteiger partial charge is 0.496 e. The van der Waals surface area contributed by atoms with Crippen molar-refractivity contribution >= 4 is 22.1 Å². The van der Waals surface area contributed by atoms with E-state index in [-0.39, 0.29) is 0 Å². The number of aliphatic hydroxyl groups is 1. The number of fused-ring (bicyclic) bond motifs is 1. The van der Waals surface area contributed by atoms with E-state index in [1.807, 2.05) is 41.8 Å². The molecular weight excluding hydrogens is 258 g/mol. The molecule has 0 aliphatic carbocycles. The number of rotatable bonds is 3. The maximum atomic E-state index is 10.6. The highest BCUT2D eigenvalue weighted by Crippen LogP contribution is 2.36. The molecule has 0 bridgehead atoms. The highest BCUT2D eigenvalue weighted by atomic mass is 32.1. The molecule has 1 atom stereocenters. The molecule has 0 saturated heterocycles. The van der Waals surface area contributed by atoms with E-state index in [0.717, 1.165) is 16.3 Å². The molecule has 96 valence electrons. The fourth-order valence-electron chi connectivity index (χ4n) is 2.23. The van der Waals surface area contributed by atoms with Crippen LogP contribution in [0.5, 0.6) is 5.75 Å². The predicted molar refractivity (Wildman–Crippen MR) is 76.7 cm³/mol. The first kappa shape index (κ1) is 12.1. The summed E-state index contributed by atoms with van der Waals surface area (Å²) in [5.41, 5.74) is 0.774. The molecule has 0 aliphatic heterocycles. The average Bonchev–Trinajstić information content (AvgIpc) is 2.99. The SMILES string of the molecule is COc1ccc2ccccc2c1C(O)c1nccs1. The van der Waals surface area contributed by atoms with Crippen LogP contribution in [0.15, 0.2) is 48.0 Å². The molecular formula is C15H13NO2S. The van der Waals surface area contributed by atoms with Gasteiger partial charge < -0.3 is 9.84 Å². The van der Waals surface area contributed by atoms with Crippen molar-refractivity contribution in [2.75, 3.05) is 7.11 Å². The lowest BCUT2D eigenvalue weighted by Gasteiger charge is -2.15. The summed E-state index contributed by atoms with van der Waals surface area (Å²) in [6.45, 7) is 0. The van der Waals surface area contributed by atoms with Gasteiger partial charge in [-0.3, -0.25) is 0 Å². The zero-order chi connectivity index (χ0) is 13.2. The summed E-state index contributed by atoms with van der Waals surface area (Å²) in [5.74, 6) is 0.682. The summed E-state index contributed by atoms with van der Waals surface area (Å²) in [6.07, 6.45) is 0.932. The fourth-order valence-corrected chi connectivity index (χ4v) is 2.86. The van der Waals surface area contributed by atoms with Crippen LogP contribution < -0.4 is 4.74 Å². The van der Waals surface area contributed by atoms with E-state index in [1.165, 1.54) is 11.3 Å². The van der Waals surface area contributed by atoms with Crippen molar-refractivity contribution in [3.05, 3.63) is 58.5 Å². The van der Waals surface area contributed by atoms with Crippen molar-refractivity contribution < 1.29 is 9.84 Å². The zero-order valence-corrected chi connectivity index (χ0v) is 11.2. The van der Waals surface area contributed by atoms with Gasteiger partial charge in [0.2, 0.25) is 0 Å². The number of hydrogen-bond acceptors (Lipinski definition) is 4. The fraction of sp³-hybridized carbons (Fsp3) is 0.133. The van der Waals surface area contributed by atoms with Crippen LogP contribution in [0.1, 0.15) is 16.7 Å². The Morgan fingerprint density at radius 1 is 1.21 bits per heavy atom. The van der Waals surface area contributed by atoms with Gasteiger partial charge in [-0.1, -0.05) is 30.3 Å². The van der Waals surface area contributed by atoms with Crippen LogP contribution in [-0.2, 0) is 0 Å². The van der Waals surface area contributed by atoms with Crippen molar-refractivity contribution in [1.82, 2.24) is 4.98 Å². The summed E-state index contributed by atoms with van der Waals surface area (Å²) in [4.78, 5) is 4.19. The van der Waals surface area contributed by atoms with Crippen LogP contribution in [0.2, 0.25) is 0 Å². The van der Waals surface area contributed by atoms with Crippen LogP contribution in [0.4, 0.5) is 0 Å². The standard InChI is InChI=1S/C15H13NO2S/c1-18-12-7-6-10-4-2-3-5-11(10)13(12)14(17)15-16-8-9-19-15/h2-9,14,17H,1H3. The number of hydrogen-bond donors (Lipinski definition) is 1. The maximum absolute atomic E-state index is 10.6. The highest BCUT2D eigenvalue weighted by Gasteiger charge is 2.20. The molecule has 0 aliphatic rings. The van der Waals surface area contributed by atoms with Gasteiger partial charge in [0.25, 0.3) is 0 Å². The Balaban J connectivity index is 2.25. The molecule has 1 heterocycles. The predicted octanol–water partition coefficient (Wildman–Crippen LogP) is 3.39. The molecule has 4 heteroatoms. The number of aliphatic hydroxyl groups excluding tert-OH is 1. The van der Waals surface area contributed by atoms with E-state index < -0.39 is 6.10 Å². The van der Waals surface area contributed by atoms with Crippen LogP contribution in [0, 0.1) is 0 Å². The molecule has 1 N–H and O–H groups in total. The van der Waals surface area contributed by atoms with Gasteiger partial charge in [0, 0.05) is 17.1 Å². The van der Waals surface area contributed by atoms with Gasteiger partial charge in [0.05, 0.1) is 7.11 Å². The molecule has 0 saturated carbocycles. The van der Waals surface area contributed by atoms with Gasteiger partial charge >= 0.3 is 0 Å². The van der Waals surface area contributed by atoms with Gasteiger partial charge in [-0.15, -0.1) is 11.3 Å². The van der Waals surface area contributed by atoms with E-state index in [9.17, 15) is 5.11 Å². The second-order valence-electron chi connectivity index (χ2n) is 4.18. The molecule has 3 aromatic rings. The van der Waals surface area contributed by atoms with Gasteiger partial charge in [-0.2, -0.15) is 0 Å². The van der Waals surface area contributed by atoms with E-state index in [1.54, 1.807) is 13.3 Å². The summed E-state index contributed by atoms with van der Waals surface area (Å²) < 4.78 is 5.39. The van der Waals surface area contributed by atoms with Gasteiger partial charge in [0.1, 0.15) is 16.9 Å². The molecule has 2 aromatic carbocycles. The van der Waals surface area contributed by atoms with Crippen LogP contribution in [0.25, 0.3) is 10.8 Å². The Labute approximate surface area is 115 Å². The van der Waals surface area contributed by atoms with Crippen molar-refractivity contribution in [2.45, 2.75) is 6.10 Å². The van der Waals surface area contributed by atoms with Crippen molar-refractivity contribution in [2.24, 2.45) is 0 Å². The number of methoxy groups -OCH3 is 1. The lowest BCUT2D eigenvalue weighted by atomic mass is 9.99. The lowest BCUT2D eigenvalue weighted by molar-refractivity contribution is 0.216. The van der Waals surface area contributed by atoms with Crippen molar-refractivity contribution in [3.63, 3.8) is 0 Å². The number of nitrogens with zero attached hydrogens (tertiary/aromatic N) is 1. The summed E-state index contributed by atoms with van der Waals surface area (Å²) >= 11 is 1.44. The molecule has 0 radical (unpaired) electrons. The highest BCUT2D eigenvalue weighted by molar-refractivity contribution is 7.09. The number of aromatic nitrogens is 1. The molecule has 3 nitrogen and oxygen atoms in total. The molecule has 1 unspecified atom stereocenters. The third kappa shape index (κ3) is 2.09. The van der Waals surface area contributed by atoms with E-state index in [2.05, 4.69) is 4.98 Å². The molecule has 3 rings (SSSR count). The minimum absolute atomic E-state index is 0.676. The third-order valence-electron chi connectivity index (χ3n) is 3.11. The first-order valence-electron chi connectivity index (χ1n) is 5.94. The second-order valence-corrected chi connectivity index (χ2v) is 5.10. The quantitative estimate of drug-likeness (QED) is 0.794. The van der Waals surface area contributed by atoms with E-state index in [4.69, 9.17) is 4.74 Å². The van der Waals surface area contributed by atoms with Crippen molar-refractivity contribution in [1.29, 1.82) is 0 Å². The first-order valence-corrected chi connectivity index (χ1v) is 6.82. The Kier molecular flexibility index (Phi) is 3.19.